The third-order valence-electron chi connectivity index (χ3n) is 17.1. The molecule has 18 heteroatoms. The van der Waals surface area contributed by atoms with Gasteiger partial charge in [0.05, 0.1) is 44.2 Å². The Labute approximate surface area is 362 Å². The number of hydrogen-bond donors (Lipinski definition) is 11. The highest BCUT2D eigenvalue weighted by Crippen LogP contribution is 2.70. The van der Waals surface area contributed by atoms with Crippen molar-refractivity contribution in [3.8, 4) is 0 Å². The van der Waals surface area contributed by atoms with Gasteiger partial charge in [-0.2, -0.15) is 0 Å². The molecule has 4 heterocycles. The normalized spacial score (nSPS) is 55.7. The summed E-state index contributed by atoms with van der Waals surface area (Å²) in [5, 5.41) is 117. The van der Waals surface area contributed by atoms with Crippen molar-refractivity contribution in [2.24, 2.45) is 46.3 Å². The van der Waals surface area contributed by atoms with Crippen LogP contribution in [-0.2, 0) is 33.2 Å². The Kier molecular flexibility index (Phi) is 13.7. The number of aliphatic hydroxyl groups excluding tert-OH is 10. The first kappa shape index (κ1) is 47.5. The number of ether oxygens (including phenoxy) is 7. The molecule has 8 aliphatic rings. The molecule has 26 atom stereocenters. The highest BCUT2D eigenvalue weighted by molar-refractivity contribution is 5.28. The van der Waals surface area contributed by atoms with Gasteiger partial charge < -0.3 is 89.3 Å². The smallest absolute Gasteiger partial charge is 0.187 e. The minimum atomic E-state index is -1.66. The lowest BCUT2D eigenvalue weighted by Crippen LogP contribution is -2.63. The molecule has 3 saturated carbocycles. The van der Waals surface area contributed by atoms with E-state index in [0.717, 1.165) is 31.3 Å². The van der Waals surface area contributed by atoms with Gasteiger partial charge in [0.2, 0.25) is 0 Å². The number of aliphatic hydroxyl groups is 11. The van der Waals surface area contributed by atoms with Crippen molar-refractivity contribution in [3.63, 3.8) is 0 Å². The van der Waals surface area contributed by atoms with Gasteiger partial charge in [0.25, 0.3) is 0 Å². The summed E-state index contributed by atoms with van der Waals surface area (Å²) in [4.78, 5) is 0. The second-order valence-electron chi connectivity index (χ2n) is 20.7. The first-order chi connectivity index (χ1) is 29.2. The standard InChI is InChI=1S/C44H72O18/c1-18(16-56-39-36(53)35(52)33(50)28(15-45)59-39)8-11-44(55)19(2)30-27(62-44)14-25-23-7-6-21-12-22(46)13-29(43(21,5)24(23)9-10-42(25,30)4)60-41-38(32(49)26(47)17-57-41)61-40-37(54)34(51)31(48)20(3)58-40/h6,18-20,22-41,45-55H,7-17H2,1-5H3/t18-,19-,20-,22+,23-,24-,25-,26+,27-,28+,29+,30-,31-,32+,33-,34-,35-,36-,37+,38+,39-,40-,41+,42-,43-,44+/m0/s1. The van der Waals surface area contributed by atoms with Gasteiger partial charge in [0.15, 0.2) is 24.7 Å². The van der Waals surface area contributed by atoms with Crippen molar-refractivity contribution >= 4 is 0 Å². The van der Waals surface area contributed by atoms with Gasteiger partial charge in [-0.25, -0.2) is 0 Å². The third-order valence-corrected chi connectivity index (χ3v) is 17.1. The maximum Gasteiger partial charge on any atom is 0.187 e. The molecule has 4 aliphatic carbocycles. The van der Waals surface area contributed by atoms with Crippen LogP contribution >= 0.6 is 0 Å². The van der Waals surface area contributed by atoms with Crippen LogP contribution in [-0.4, -0.2) is 186 Å². The van der Waals surface area contributed by atoms with E-state index in [1.807, 2.05) is 6.92 Å². The van der Waals surface area contributed by atoms with Crippen LogP contribution in [0.15, 0.2) is 11.6 Å². The van der Waals surface area contributed by atoms with Crippen molar-refractivity contribution in [1.29, 1.82) is 0 Å². The number of rotatable bonds is 11. The molecule has 0 amide bonds. The van der Waals surface area contributed by atoms with Crippen LogP contribution in [0.2, 0.25) is 0 Å². The molecule has 8 rings (SSSR count). The lowest BCUT2D eigenvalue weighted by atomic mass is 9.46. The zero-order chi connectivity index (χ0) is 44.8. The number of fused-ring (bicyclic) bond motifs is 7. The van der Waals surface area contributed by atoms with E-state index in [1.54, 1.807) is 0 Å². The van der Waals surface area contributed by atoms with Gasteiger partial charge >= 0.3 is 0 Å². The lowest BCUT2D eigenvalue weighted by molar-refractivity contribution is -0.362. The summed E-state index contributed by atoms with van der Waals surface area (Å²) in [6.45, 7) is 9.45. The zero-order valence-electron chi connectivity index (χ0n) is 36.4. The Morgan fingerprint density at radius 2 is 1.53 bits per heavy atom. The van der Waals surface area contributed by atoms with Crippen molar-refractivity contribution in [3.05, 3.63) is 11.6 Å². The Balaban J connectivity index is 0.935. The van der Waals surface area contributed by atoms with Crippen LogP contribution in [0.4, 0.5) is 0 Å². The molecule has 11 N–H and O–H groups in total. The molecule has 356 valence electrons. The fourth-order valence-corrected chi connectivity index (χ4v) is 13.3. The van der Waals surface area contributed by atoms with E-state index in [4.69, 9.17) is 33.2 Å². The first-order valence-corrected chi connectivity index (χ1v) is 22.9. The Morgan fingerprint density at radius 1 is 0.823 bits per heavy atom. The van der Waals surface area contributed by atoms with Crippen LogP contribution < -0.4 is 0 Å². The van der Waals surface area contributed by atoms with Gasteiger partial charge in [-0.3, -0.25) is 0 Å². The molecule has 0 bridgehead atoms. The molecule has 0 unspecified atom stereocenters. The highest BCUT2D eigenvalue weighted by atomic mass is 16.8. The van der Waals surface area contributed by atoms with Crippen molar-refractivity contribution in [2.45, 2.75) is 196 Å². The van der Waals surface area contributed by atoms with Gasteiger partial charge in [-0.05, 0) is 80.5 Å². The Morgan fingerprint density at radius 3 is 2.26 bits per heavy atom. The molecule has 0 aromatic rings. The first-order valence-electron chi connectivity index (χ1n) is 22.9. The maximum atomic E-state index is 12.1. The SMILES string of the molecule is C[C@@H](CC[C@@]1(O)O[C@H]2C[C@H]3[C@H]4CC=C5C[C@@H](O)C[C@@H](O[C@H]6OC[C@@H](O)[C@@H](O)[C@H]6O[C@@H]6O[C@@H](C)[C@H](O)[C@H](O)[C@H]6O)[C@]5(C)[C@H]4CC[C@]3(C)[C@H]2[C@@H]1C)CO[C@H]1O[C@H](CO)[C@H](O)[C@H](O)[C@@H]1O. The van der Waals surface area contributed by atoms with Gasteiger partial charge in [0, 0.05) is 24.2 Å². The fraction of sp³-hybridized carbons (Fsp3) is 0.955. The minimum Gasteiger partial charge on any atom is -0.394 e. The second-order valence-corrected chi connectivity index (χ2v) is 20.7. The van der Waals surface area contributed by atoms with E-state index in [2.05, 4.69) is 26.8 Å². The fourth-order valence-electron chi connectivity index (χ4n) is 13.3. The Bertz CT molecular complexity index is 1590. The predicted octanol–water partition coefficient (Wildman–Crippen LogP) is -1.22. The number of allylic oxidation sites excluding steroid dienone is 1. The van der Waals surface area contributed by atoms with Crippen LogP contribution in [0.1, 0.15) is 86.0 Å². The van der Waals surface area contributed by atoms with E-state index in [0.29, 0.717) is 25.7 Å². The summed E-state index contributed by atoms with van der Waals surface area (Å²) in [7, 11) is 0. The van der Waals surface area contributed by atoms with Crippen LogP contribution in [0, 0.1) is 46.3 Å². The van der Waals surface area contributed by atoms with Crippen molar-refractivity contribution in [2.75, 3.05) is 19.8 Å². The molecular weight excluding hydrogens is 816 g/mol. The van der Waals surface area contributed by atoms with E-state index in [9.17, 15) is 56.2 Å². The van der Waals surface area contributed by atoms with E-state index >= 15 is 0 Å². The molecule has 0 aromatic heterocycles. The molecule has 0 spiro atoms. The molecular formula is C44H72O18. The largest absolute Gasteiger partial charge is 0.394 e. The van der Waals surface area contributed by atoms with Crippen LogP contribution in [0.5, 0.6) is 0 Å². The van der Waals surface area contributed by atoms with Crippen molar-refractivity contribution in [1.82, 2.24) is 0 Å². The van der Waals surface area contributed by atoms with Crippen LogP contribution in [0.3, 0.4) is 0 Å². The third kappa shape index (κ3) is 8.06. The zero-order valence-corrected chi connectivity index (χ0v) is 36.4. The summed E-state index contributed by atoms with van der Waals surface area (Å²) in [6, 6.07) is 0. The number of hydrogen-bond acceptors (Lipinski definition) is 18. The summed E-state index contributed by atoms with van der Waals surface area (Å²) in [5.74, 6) is -0.790. The molecule has 62 heavy (non-hydrogen) atoms. The van der Waals surface area contributed by atoms with E-state index < -0.39 is 116 Å². The van der Waals surface area contributed by atoms with E-state index in [-0.39, 0.29) is 60.2 Å². The summed E-state index contributed by atoms with van der Waals surface area (Å²) >= 11 is 0. The predicted molar refractivity (Wildman–Crippen MR) is 213 cm³/mol. The summed E-state index contributed by atoms with van der Waals surface area (Å²) in [5.41, 5.74) is 0.452. The summed E-state index contributed by atoms with van der Waals surface area (Å²) < 4.78 is 42.5. The molecule has 0 radical (unpaired) electrons. The summed E-state index contributed by atoms with van der Waals surface area (Å²) in [6.07, 6.45) is -13.2. The lowest BCUT2D eigenvalue weighted by Gasteiger charge is -2.60. The second kappa shape index (κ2) is 17.9. The van der Waals surface area contributed by atoms with Gasteiger partial charge in [0.1, 0.15) is 61.0 Å². The minimum absolute atomic E-state index is 0.0819. The maximum absolute atomic E-state index is 12.1. The van der Waals surface area contributed by atoms with Gasteiger partial charge in [-0.1, -0.05) is 39.3 Å². The quantitative estimate of drug-likeness (QED) is 0.108. The monoisotopic (exact) mass is 888 g/mol. The average molecular weight is 889 g/mol. The molecule has 18 nitrogen and oxygen atoms in total. The van der Waals surface area contributed by atoms with Crippen LogP contribution in [0.25, 0.3) is 0 Å². The van der Waals surface area contributed by atoms with Gasteiger partial charge in [-0.15, -0.1) is 0 Å². The molecule has 7 fully saturated rings. The molecule has 0 aromatic carbocycles. The molecule has 4 aliphatic heterocycles. The topological polar surface area (TPSA) is 287 Å². The Hall–Kier alpha value is -0.980. The highest BCUT2D eigenvalue weighted by Gasteiger charge is 2.69. The van der Waals surface area contributed by atoms with E-state index in [1.165, 1.54) is 6.92 Å². The average Bonchev–Trinajstić information content (AvgIpc) is 3.67. The van der Waals surface area contributed by atoms with Crippen molar-refractivity contribution < 1.29 is 89.3 Å². The molecule has 4 saturated heterocycles.